The monoisotopic (exact) mass is 323 g/mol. The fourth-order valence-corrected chi connectivity index (χ4v) is 1.80. The van der Waals surface area contributed by atoms with Crippen molar-refractivity contribution in [3.63, 3.8) is 0 Å². The van der Waals surface area contributed by atoms with Crippen LogP contribution in [0.2, 0.25) is 0 Å². The average Bonchev–Trinajstić information content (AvgIpc) is 2.96. The summed E-state index contributed by atoms with van der Waals surface area (Å²) < 4.78 is 40.5. The van der Waals surface area contributed by atoms with E-state index in [4.69, 9.17) is 0 Å². The van der Waals surface area contributed by atoms with Crippen LogP contribution in [0.5, 0.6) is 0 Å². The quantitative estimate of drug-likeness (QED) is 0.919. The standard InChI is InChI=1S/C12H16F3N5.ClH/c1-3-20-5-4-9(17-20)7-16-8-10-6-11(12(13,14)15)18-19(10)2;/h4-6,16H,3,7-8H2,1-2H3;1H. The van der Waals surface area contributed by atoms with Crippen LogP contribution < -0.4 is 5.32 Å². The average molecular weight is 324 g/mol. The maximum atomic E-state index is 12.5. The summed E-state index contributed by atoms with van der Waals surface area (Å²) in [7, 11) is 1.50. The summed E-state index contributed by atoms with van der Waals surface area (Å²) in [6, 6.07) is 2.93. The highest BCUT2D eigenvalue weighted by Gasteiger charge is 2.34. The summed E-state index contributed by atoms with van der Waals surface area (Å²) in [5.74, 6) is 0. The first-order valence-electron chi connectivity index (χ1n) is 6.23. The third-order valence-electron chi connectivity index (χ3n) is 2.90. The topological polar surface area (TPSA) is 47.7 Å². The SMILES string of the molecule is CCn1ccc(CNCc2cc(C(F)(F)F)nn2C)n1.Cl. The van der Waals surface area contributed by atoms with E-state index in [1.165, 1.54) is 11.7 Å². The molecule has 0 aliphatic carbocycles. The van der Waals surface area contributed by atoms with E-state index >= 15 is 0 Å². The molecule has 0 fully saturated rings. The molecule has 0 aromatic carbocycles. The first-order chi connectivity index (χ1) is 9.40. The van der Waals surface area contributed by atoms with Crippen molar-refractivity contribution in [2.24, 2.45) is 7.05 Å². The van der Waals surface area contributed by atoms with Crippen molar-refractivity contribution < 1.29 is 13.2 Å². The van der Waals surface area contributed by atoms with E-state index in [2.05, 4.69) is 15.5 Å². The number of halogens is 4. The van der Waals surface area contributed by atoms with Gasteiger partial charge in [0.2, 0.25) is 0 Å². The van der Waals surface area contributed by atoms with Crippen molar-refractivity contribution >= 4 is 12.4 Å². The van der Waals surface area contributed by atoms with Crippen LogP contribution >= 0.6 is 12.4 Å². The van der Waals surface area contributed by atoms with E-state index in [-0.39, 0.29) is 12.4 Å². The van der Waals surface area contributed by atoms with Gasteiger partial charge >= 0.3 is 6.18 Å². The number of hydrogen-bond donors (Lipinski definition) is 1. The molecule has 0 radical (unpaired) electrons. The number of aromatic nitrogens is 4. The Kier molecular flexibility index (Phi) is 5.79. The van der Waals surface area contributed by atoms with Gasteiger partial charge in [-0.3, -0.25) is 9.36 Å². The normalized spacial score (nSPS) is 11.5. The summed E-state index contributed by atoms with van der Waals surface area (Å²) in [6.07, 6.45) is -2.54. The fourth-order valence-electron chi connectivity index (χ4n) is 1.80. The van der Waals surface area contributed by atoms with Crippen molar-refractivity contribution in [2.75, 3.05) is 0 Å². The molecule has 2 rings (SSSR count). The molecule has 0 bridgehead atoms. The minimum Gasteiger partial charge on any atom is -0.305 e. The Morgan fingerprint density at radius 1 is 1.24 bits per heavy atom. The number of aryl methyl sites for hydroxylation is 2. The summed E-state index contributed by atoms with van der Waals surface area (Å²) in [5, 5.41) is 10.8. The van der Waals surface area contributed by atoms with Gasteiger partial charge in [-0.1, -0.05) is 0 Å². The van der Waals surface area contributed by atoms with Crippen LogP contribution in [-0.2, 0) is 32.9 Å². The van der Waals surface area contributed by atoms with Crippen molar-refractivity contribution in [3.8, 4) is 0 Å². The highest BCUT2D eigenvalue weighted by atomic mass is 35.5. The minimum atomic E-state index is -4.41. The van der Waals surface area contributed by atoms with Crippen LogP contribution in [0.1, 0.15) is 24.0 Å². The molecule has 118 valence electrons. The van der Waals surface area contributed by atoms with Gasteiger partial charge < -0.3 is 5.32 Å². The molecule has 0 spiro atoms. The summed E-state index contributed by atoms with van der Waals surface area (Å²) in [4.78, 5) is 0. The van der Waals surface area contributed by atoms with Gasteiger partial charge in [-0.25, -0.2) is 0 Å². The zero-order valence-electron chi connectivity index (χ0n) is 11.7. The third kappa shape index (κ3) is 4.47. The van der Waals surface area contributed by atoms with Crippen LogP contribution in [0, 0.1) is 0 Å². The number of alkyl halides is 3. The van der Waals surface area contributed by atoms with Crippen molar-refractivity contribution in [1.82, 2.24) is 24.9 Å². The predicted octanol–water partition coefficient (Wildman–Crippen LogP) is 2.37. The number of nitrogens with zero attached hydrogens (tertiary/aromatic N) is 4. The Morgan fingerprint density at radius 2 is 1.95 bits per heavy atom. The third-order valence-corrected chi connectivity index (χ3v) is 2.90. The molecule has 0 amide bonds. The molecule has 0 atom stereocenters. The lowest BCUT2D eigenvalue weighted by atomic mass is 10.3. The van der Waals surface area contributed by atoms with E-state index in [0.29, 0.717) is 18.8 Å². The summed E-state index contributed by atoms with van der Waals surface area (Å²) in [5.41, 5.74) is 0.462. The lowest BCUT2D eigenvalue weighted by Gasteiger charge is -2.03. The molecule has 2 aromatic rings. The molecule has 21 heavy (non-hydrogen) atoms. The van der Waals surface area contributed by atoms with E-state index < -0.39 is 11.9 Å². The molecule has 1 N–H and O–H groups in total. The Balaban J connectivity index is 0.00000220. The first kappa shape index (κ1) is 17.5. The van der Waals surface area contributed by atoms with Crippen LogP contribution in [0.25, 0.3) is 0 Å². The van der Waals surface area contributed by atoms with Gasteiger partial charge in [0.1, 0.15) is 0 Å². The zero-order valence-corrected chi connectivity index (χ0v) is 12.5. The molecule has 0 unspecified atom stereocenters. The van der Waals surface area contributed by atoms with Gasteiger partial charge in [-0.2, -0.15) is 23.4 Å². The largest absolute Gasteiger partial charge is 0.435 e. The molecular weight excluding hydrogens is 307 g/mol. The van der Waals surface area contributed by atoms with E-state index in [9.17, 15) is 13.2 Å². The molecule has 2 heterocycles. The van der Waals surface area contributed by atoms with Crippen LogP contribution in [0.4, 0.5) is 13.2 Å². The molecule has 9 heteroatoms. The van der Waals surface area contributed by atoms with E-state index in [1.807, 2.05) is 19.2 Å². The van der Waals surface area contributed by atoms with Gasteiger partial charge in [0.25, 0.3) is 0 Å². The van der Waals surface area contributed by atoms with Crippen LogP contribution in [0.3, 0.4) is 0 Å². The minimum absolute atomic E-state index is 0. The maximum absolute atomic E-state index is 12.5. The Hall–Kier alpha value is -1.54. The molecule has 0 aliphatic heterocycles. The van der Waals surface area contributed by atoms with E-state index in [1.54, 1.807) is 4.68 Å². The Morgan fingerprint density at radius 3 is 2.48 bits per heavy atom. The van der Waals surface area contributed by atoms with Crippen molar-refractivity contribution in [1.29, 1.82) is 0 Å². The fraction of sp³-hybridized carbons (Fsp3) is 0.500. The first-order valence-corrected chi connectivity index (χ1v) is 6.23. The molecule has 5 nitrogen and oxygen atoms in total. The van der Waals surface area contributed by atoms with Crippen LogP contribution in [0.15, 0.2) is 18.3 Å². The van der Waals surface area contributed by atoms with E-state index in [0.717, 1.165) is 18.3 Å². The lowest BCUT2D eigenvalue weighted by Crippen LogP contribution is -2.15. The number of hydrogen-bond acceptors (Lipinski definition) is 3. The molecule has 0 aliphatic rings. The number of nitrogens with one attached hydrogen (secondary N) is 1. The second kappa shape index (κ2) is 6.95. The van der Waals surface area contributed by atoms with Gasteiger partial charge in [0.15, 0.2) is 5.69 Å². The van der Waals surface area contributed by atoms with Crippen molar-refractivity contribution in [2.45, 2.75) is 32.7 Å². The van der Waals surface area contributed by atoms with Crippen LogP contribution in [-0.4, -0.2) is 19.6 Å². The highest BCUT2D eigenvalue weighted by molar-refractivity contribution is 5.85. The summed E-state index contributed by atoms with van der Waals surface area (Å²) in [6.45, 7) is 3.58. The Labute approximate surface area is 126 Å². The summed E-state index contributed by atoms with van der Waals surface area (Å²) >= 11 is 0. The molecule has 0 saturated carbocycles. The molecule has 0 saturated heterocycles. The maximum Gasteiger partial charge on any atom is 0.435 e. The zero-order chi connectivity index (χ0) is 14.8. The number of rotatable bonds is 5. The van der Waals surface area contributed by atoms with Crippen molar-refractivity contribution in [3.05, 3.63) is 35.4 Å². The Bertz CT molecular complexity index is 576. The van der Waals surface area contributed by atoms with Gasteiger partial charge in [-0.05, 0) is 19.1 Å². The second-order valence-electron chi connectivity index (χ2n) is 4.41. The van der Waals surface area contributed by atoms with Gasteiger partial charge in [0, 0.05) is 32.9 Å². The molecular formula is C12H17ClF3N5. The van der Waals surface area contributed by atoms with Gasteiger partial charge in [0.05, 0.1) is 11.4 Å². The second-order valence-corrected chi connectivity index (χ2v) is 4.41. The highest BCUT2D eigenvalue weighted by Crippen LogP contribution is 2.28. The molecule has 2 aromatic heterocycles. The lowest BCUT2D eigenvalue weighted by molar-refractivity contribution is -0.141. The van der Waals surface area contributed by atoms with Gasteiger partial charge in [-0.15, -0.1) is 12.4 Å². The predicted molar refractivity (Wildman–Crippen MR) is 73.9 cm³/mol. The smallest absolute Gasteiger partial charge is 0.305 e.